The average molecular weight is 649 g/mol. The van der Waals surface area contributed by atoms with E-state index in [-0.39, 0.29) is 31.7 Å². The van der Waals surface area contributed by atoms with Crippen molar-refractivity contribution in [3.05, 3.63) is 0 Å². The molecule has 0 bridgehead atoms. The largest absolute Gasteiger partial charge is 0.394 e. The lowest BCUT2D eigenvalue weighted by molar-refractivity contribution is -0.320. The van der Waals surface area contributed by atoms with Gasteiger partial charge in [-0.2, -0.15) is 0 Å². The zero-order valence-corrected chi connectivity index (χ0v) is 25.3. The van der Waals surface area contributed by atoms with Crippen molar-refractivity contribution < 1.29 is 54.4 Å². The molecule has 2 saturated heterocycles. The fourth-order valence-corrected chi connectivity index (χ4v) is 7.07. The molecule has 3 saturated carbocycles. The van der Waals surface area contributed by atoms with E-state index >= 15 is 0 Å². The van der Waals surface area contributed by atoms with Crippen LogP contribution in [0.3, 0.4) is 0 Å². The molecule has 17 N–H and O–H groups in total. The second-order valence-corrected chi connectivity index (χ2v) is 13.8. The fourth-order valence-electron chi connectivity index (χ4n) is 7.07. The van der Waals surface area contributed by atoms with E-state index in [0.29, 0.717) is 12.5 Å². The Bertz CT molecular complexity index is 1010. The van der Waals surface area contributed by atoms with Crippen LogP contribution < -0.4 is 34.0 Å². The third-order valence-electron chi connectivity index (χ3n) is 10.2. The Hall–Kier alpha value is -0.970. The zero-order chi connectivity index (χ0) is 32.8. The number of hydrogen-bond donors (Lipinski definition) is 12. The van der Waals surface area contributed by atoms with E-state index < -0.39 is 109 Å². The zero-order valence-electron chi connectivity index (χ0n) is 25.3. The molecule has 0 amide bonds. The standard InChI is InChI=1S/C28H52N6O11/c29-12-1-10(2-12)7-34-8-16-15(36)5-14(31)26(42-16)45-25-13(30)3-11(4-19(37)28(41)6-18(28)32)24(23(25)40)44-27-22(39)20(33)21(38)17(9-35)43-27/h10-18,20-27,34-36,38-41H,1-9,29-33H2/t10?,11-,12?,13-,14+,15-,16+,17+,18?,20-,21+,22+,23+,24-,25+,26+,27+,28?/m0/s1. The predicted molar refractivity (Wildman–Crippen MR) is 156 cm³/mol. The lowest BCUT2D eigenvalue weighted by Crippen LogP contribution is -2.66. The monoisotopic (exact) mass is 648 g/mol. The average Bonchev–Trinajstić information content (AvgIpc) is 3.60. The van der Waals surface area contributed by atoms with Crippen molar-refractivity contribution in [3.63, 3.8) is 0 Å². The van der Waals surface area contributed by atoms with Crippen molar-refractivity contribution in [3.8, 4) is 0 Å². The lowest BCUT2D eigenvalue weighted by Gasteiger charge is -2.48. The minimum Gasteiger partial charge on any atom is -0.394 e. The molecule has 3 aliphatic carbocycles. The molecule has 0 aromatic heterocycles. The molecule has 260 valence electrons. The van der Waals surface area contributed by atoms with Crippen molar-refractivity contribution >= 4 is 5.78 Å². The van der Waals surface area contributed by atoms with Crippen LogP contribution in [0.1, 0.15) is 38.5 Å². The summed E-state index contributed by atoms with van der Waals surface area (Å²) in [6.07, 6.45) is -10.1. The van der Waals surface area contributed by atoms with Crippen molar-refractivity contribution in [1.29, 1.82) is 0 Å². The Balaban J connectivity index is 1.28. The number of nitrogens with one attached hydrogen (secondary N) is 1. The Morgan fingerprint density at radius 2 is 1.47 bits per heavy atom. The fraction of sp³-hybridized carbons (Fsp3) is 0.964. The highest BCUT2D eigenvalue weighted by atomic mass is 16.7. The molecule has 2 unspecified atom stereocenters. The van der Waals surface area contributed by atoms with Crippen molar-refractivity contribution in [2.45, 2.75) is 136 Å². The van der Waals surface area contributed by atoms with Gasteiger partial charge in [-0.1, -0.05) is 0 Å². The summed E-state index contributed by atoms with van der Waals surface area (Å²) < 4.78 is 23.9. The molecule has 2 heterocycles. The molecule has 17 nitrogen and oxygen atoms in total. The predicted octanol–water partition coefficient (Wildman–Crippen LogP) is -6.22. The van der Waals surface area contributed by atoms with Gasteiger partial charge in [-0.05, 0) is 44.1 Å². The first-order valence-electron chi connectivity index (χ1n) is 15.9. The summed E-state index contributed by atoms with van der Waals surface area (Å²) in [5.41, 5.74) is 28.7. The summed E-state index contributed by atoms with van der Waals surface area (Å²) in [5, 5.41) is 66.8. The van der Waals surface area contributed by atoms with E-state index in [4.69, 9.17) is 47.6 Å². The van der Waals surface area contributed by atoms with Crippen LogP contribution in [-0.2, 0) is 23.7 Å². The Morgan fingerprint density at radius 1 is 0.822 bits per heavy atom. The van der Waals surface area contributed by atoms with Crippen molar-refractivity contribution in [2.24, 2.45) is 40.5 Å². The highest BCUT2D eigenvalue weighted by Gasteiger charge is 2.58. The number of carbonyl (C=O) groups excluding carboxylic acids is 1. The second kappa shape index (κ2) is 14.3. The topological polar surface area (TPSA) is 318 Å². The molecule has 5 aliphatic rings. The highest BCUT2D eigenvalue weighted by Crippen LogP contribution is 2.41. The van der Waals surface area contributed by atoms with Crippen molar-refractivity contribution in [2.75, 3.05) is 19.7 Å². The molecule has 0 spiro atoms. The molecular formula is C28H52N6O11. The van der Waals surface area contributed by atoms with E-state index in [1.807, 2.05) is 0 Å². The van der Waals surface area contributed by atoms with Crippen LogP contribution in [0.25, 0.3) is 0 Å². The van der Waals surface area contributed by atoms with E-state index in [0.717, 1.165) is 19.4 Å². The number of aliphatic hydroxyl groups excluding tert-OH is 5. The molecule has 5 rings (SSSR count). The number of hydrogen-bond acceptors (Lipinski definition) is 17. The van der Waals surface area contributed by atoms with Crippen LogP contribution in [0.5, 0.6) is 0 Å². The lowest BCUT2D eigenvalue weighted by atomic mass is 9.76. The van der Waals surface area contributed by atoms with Gasteiger partial charge in [0, 0.05) is 37.5 Å². The van der Waals surface area contributed by atoms with Crippen LogP contribution >= 0.6 is 0 Å². The van der Waals surface area contributed by atoms with Gasteiger partial charge in [0.2, 0.25) is 0 Å². The number of ether oxygens (including phenoxy) is 4. The van der Waals surface area contributed by atoms with Crippen LogP contribution in [0.4, 0.5) is 0 Å². The number of aliphatic hydroxyl groups is 6. The molecule has 0 aromatic carbocycles. The minimum atomic E-state index is -1.68. The summed E-state index contributed by atoms with van der Waals surface area (Å²) in [6, 6.07) is -3.31. The molecule has 45 heavy (non-hydrogen) atoms. The van der Waals surface area contributed by atoms with Gasteiger partial charge < -0.3 is 83.6 Å². The number of ketones is 1. The maximum Gasteiger partial charge on any atom is 0.186 e. The molecule has 2 aliphatic heterocycles. The van der Waals surface area contributed by atoms with Gasteiger partial charge in [-0.15, -0.1) is 0 Å². The van der Waals surface area contributed by atoms with Crippen LogP contribution in [-0.4, -0.2) is 153 Å². The van der Waals surface area contributed by atoms with Gasteiger partial charge in [-0.25, -0.2) is 0 Å². The Kier molecular flexibility index (Phi) is 11.2. The van der Waals surface area contributed by atoms with Gasteiger partial charge in [-0.3, -0.25) is 4.79 Å². The molecule has 17 heteroatoms. The maximum absolute atomic E-state index is 13.0. The summed E-state index contributed by atoms with van der Waals surface area (Å²) in [6.45, 7) is 0.454. The third kappa shape index (κ3) is 7.54. The molecule has 0 radical (unpaired) electrons. The number of nitrogens with two attached hydrogens (primary N) is 5. The Labute approximate surface area is 261 Å². The Morgan fingerprint density at radius 3 is 2.09 bits per heavy atom. The van der Waals surface area contributed by atoms with E-state index in [2.05, 4.69) is 5.32 Å². The first kappa shape index (κ1) is 35.3. The van der Waals surface area contributed by atoms with E-state index in [1.54, 1.807) is 0 Å². The van der Waals surface area contributed by atoms with E-state index in [1.165, 1.54) is 0 Å². The highest BCUT2D eigenvalue weighted by molar-refractivity contribution is 5.91. The van der Waals surface area contributed by atoms with Crippen molar-refractivity contribution in [1.82, 2.24) is 5.32 Å². The first-order valence-corrected chi connectivity index (χ1v) is 15.9. The summed E-state index contributed by atoms with van der Waals surface area (Å²) in [4.78, 5) is 13.0. The van der Waals surface area contributed by atoms with Crippen LogP contribution in [0.15, 0.2) is 0 Å². The normalized spacial score (nSPS) is 51.8. The molecule has 0 aromatic rings. The summed E-state index contributed by atoms with van der Waals surface area (Å²) in [7, 11) is 0. The van der Waals surface area contributed by atoms with Gasteiger partial charge in [0.05, 0.1) is 37.0 Å². The summed E-state index contributed by atoms with van der Waals surface area (Å²) >= 11 is 0. The van der Waals surface area contributed by atoms with E-state index in [9.17, 15) is 35.4 Å². The van der Waals surface area contributed by atoms with Gasteiger partial charge in [0.1, 0.15) is 36.1 Å². The SMILES string of the molecule is NC1CC(CNC[C@H]2O[C@H](O[C@H]3[C@H](O)[C@@H](O[C@H]4O[C@H](CO)[C@@H](O)[C@H](N)[C@H]4O)[C@H](CC(=O)C4(O)CC4N)C[C@@H]3N)[C@H](N)C[C@@H]2O)C1. The number of carbonyl (C=O) groups is 1. The second-order valence-electron chi connectivity index (χ2n) is 13.8. The minimum absolute atomic E-state index is 0.0868. The van der Waals surface area contributed by atoms with Crippen LogP contribution in [0, 0.1) is 11.8 Å². The maximum atomic E-state index is 13.0. The summed E-state index contributed by atoms with van der Waals surface area (Å²) in [5.74, 6) is -0.843. The molecule has 16 atom stereocenters. The van der Waals surface area contributed by atoms with Gasteiger partial charge >= 0.3 is 0 Å². The molecular weight excluding hydrogens is 596 g/mol. The quantitative estimate of drug-likeness (QED) is 0.0936. The smallest absolute Gasteiger partial charge is 0.186 e. The van der Waals surface area contributed by atoms with Crippen LogP contribution in [0.2, 0.25) is 0 Å². The number of rotatable bonds is 12. The van der Waals surface area contributed by atoms with Gasteiger partial charge in [0.25, 0.3) is 0 Å². The third-order valence-corrected chi connectivity index (χ3v) is 10.2. The first-order chi connectivity index (χ1) is 21.2. The number of Topliss-reactive ketones (excluding diaryl/α,β-unsaturated/α-hetero) is 1. The van der Waals surface area contributed by atoms with Gasteiger partial charge in [0.15, 0.2) is 18.4 Å². The molecule has 5 fully saturated rings.